The third-order valence-electron chi connectivity index (χ3n) is 3.83. The molecule has 0 spiro atoms. The molecule has 0 saturated heterocycles. The van der Waals surface area contributed by atoms with Gasteiger partial charge >= 0.3 is 0 Å². The van der Waals surface area contributed by atoms with Crippen molar-refractivity contribution in [2.24, 2.45) is 0 Å². The van der Waals surface area contributed by atoms with Crippen LogP contribution in [0.4, 0.5) is 11.4 Å². The molecule has 0 aliphatic heterocycles. The molecular formula is C19H27N3O6S2. The molecule has 0 aliphatic rings. The highest BCUT2D eigenvalue weighted by atomic mass is 32.2. The summed E-state index contributed by atoms with van der Waals surface area (Å²) in [5, 5.41) is 2.24. The Bertz CT molecular complexity index is 1130. The molecule has 0 bridgehead atoms. The van der Waals surface area contributed by atoms with Crippen molar-refractivity contribution in [3.63, 3.8) is 0 Å². The summed E-state index contributed by atoms with van der Waals surface area (Å²) >= 11 is 0. The Balaban J connectivity index is 2.22. The van der Waals surface area contributed by atoms with Gasteiger partial charge in [0.15, 0.2) is 5.76 Å². The molecule has 2 rings (SSSR count). The Morgan fingerprint density at radius 2 is 1.67 bits per heavy atom. The van der Waals surface area contributed by atoms with Gasteiger partial charge in [-0.2, -0.15) is 0 Å². The highest BCUT2D eigenvalue weighted by molar-refractivity contribution is 7.92. The summed E-state index contributed by atoms with van der Waals surface area (Å²) in [5.41, 5.74) is 0.513. The lowest BCUT2D eigenvalue weighted by molar-refractivity contribution is 0.0991. The van der Waals surface area contributed by atoms with Gasteiger partial charge in [-0.25, -0.2) is 21.6 Å². The van der Waals surface area contributed by atoms with Crippen LogP contribution in [0, 0.1) is 6.92 Å². The Morgan fingerprint density at radius 1 is 1.03 bits per heavy atom. The first-order chi connectivity index (χ1) is 13.7. The highest BCUT2D eigenvalue weighted by Crippen LogP contribution is 2.25. The van der Waals surface area contributed by atoms with Gasteiger partial charge < -0.3 is 9.73 Å². The van der Waals surface area contributed by atoms with Crippen molar-refractivity contribution in [2.75, 3.05) is 15.8 Å². The van der Waals surface area contributed by atoms with Crippen molar-refractivity contribution in [3.8, 4) is 0 Å². The van der Waals surface area contributed by atoms with Crippen molar-refractivity contribution >= 4 is 37.3 Å². The van der Waals surface area contributed by atoms with Crippen molar-refractivity contribution in [2.45, 2.75) is 51.7 Å². The van der Waals surface area contributed by atoms with Gasteiger partial charge in [-0.05, 0) is 63.9 Å². The molecule has 30 heavy (non-hydrogen) atoms. The summed E-state index contributed by atoms with van der Waals surface area (Å²) in [6, 6.07) is 7.25. The van der Waals surface area contributed by atoms with Crippen molar-refractivity contribution in [3.05, 3.63) is 41.7 Å². The second-order valence-electron chi connectivity index (χ2n) is 7.83. The smallest absolute Gasteiger partial charge is 0.291 e. The van der Waals surface area contributed by atoms with E-state index in [0.29, 0.717) is 23.4 Å². The van der Waals surface area contributed by atoms with Crippen LogP contribution in [0.2, 0.25) is 0 Å². The molecule has 1 aromatic heterocycles. The molecule has 1 amide bonds. The standard InChI is InChI=1S/C19H27N3O6S2/c1-6-12-29(24,25)21-15-9-7-8-14(13(15)2)20-18(23)16-10-11-17(28-16)30(26,27)22-19(3,4)5/h7-11,21-22H,6,12H2,1-5H3,(H,20,23). The molecule has 0 radical (unpaired) electrons. The number of hydrogen-bond donors (Lipinski definition) is 3. The maximum Gasteiger partial charge on any atom is 0.291 e. The molecule has 2 aromatic rings. The zero-order valence-electron chi connectivity index (χ0n) is 17.6. The fourth-order valence-corrected chi connectivity index (χ4v) is 5.14. The van der Waals surface area contributed by atoms with Crippen molar-refractivity contribution in [1.82, 2.24) is 4.72 Å². The molecular weight excluding hydrogens is 430 g/mol. The third kappa shape index (κ3) is 6.31. The number of benzene rings is 1. The summed E-state index contributed by atoms with van der Waals surface area (Å²) in [7, 11) is -7.41. The summed E-state index contributed by atoms with van der Waals surface area (Å²) in [4.78, 5) is 12.5. The molecule has 9 nitrogen and oxygen atoms in total. The summed E-state index contributed by atoms with van der Waals surface area (Å²) < 4.78 is 58.9. The number of hydrogen-bond acceptors (Lipinski definition) is 6. The van der Waals surface area contributed by atoms with Gasteiger partial charge in [0.1, 0.15) is 0 Å². The van der Waals surface area contributed by atoms with Crippen LogP contribution in [0.1, 0.15) is 50.2 Å². The molecule has 0 saturated carbocycles. The lowest BCUT2D eigenvalue weighted by Crippen LogP contribution is -2.40. The summed E-state index contributed by atoms with van der Waals surface area (Å²) in [5.74, 6) is -0.875. The van der Waals surface area contributed by atoms with E-state index in [1.165, 1.54) is 12.1 Å². The molecule has 0 aliphatic carbocycles. The van der Waals surface area contributed by atoms with E-state index < -0.39 is 31.5 Å². The Hall–Kier alpha value is -2.37. The van der Waals surface area contributed by atoms with E-state index in [-0.39, 0.29) is 16.6 Å². The molecule has 0 unspecified atom stereocenters. The zero-order chi connectivity index (χ0) is 22.7. The minimum atomic E-state index is -3.92. The fourth-order valence-electron chi connectivity index (χ4n) is 2.59. The van der Waals surface area contributed by atoms with E-state index in [0.717, 1.165) is 0 Å². The fraction of sp³-hybridized carbons (Fsp3) is 0.421. The third-order valence-corrected chi connectivity index (χ3v) is 6.94. The topological polar surface area (TPSA) is 135 Å². The molecule has 0 atom stereocenters. The maximum absolute atomic E-state index is 12.5. The van der Waals surface area contributed by atoms with E-state index >= 15 is 0 Å². The monoisotopic (exact) mass is 457 g/mol. The van der Waals surface area contributed by atoms with Crippen LogP contribution >= 0.6 is 0 Å². The number of carbonyl (C=O) groups is 1. The van der Waals surface area contributed by atoms with Crippen LogP contribution in [0.25, 0.3) is 0 Å². The Labute approximate surface area is 177 Å². The largest absolute Gasteiger partial charge is 0.438 e. The molecule has 1 aromatic carbocycles. The molecule has 0 fully saturated rings. The number of nitrogens with one attached hydrogen (secondary N) is 3. The second kappa shape index (κ2) is 8.78. The van der Waals surface area contributed by atoms with Gasteiger partial charge in [0.25, 0.3) is 15.9 Å². The number of carbonyl (C=O) groups excluding carboxylic acids is 1. The SMILES string of the molecule is CCCS(=O)(=O)Nc1cccc(NC(=O)c2ccc(S(=O)(=O)NC(C)(C)C)o2)c1C. The van der Waals surface area contributed by atoms with Crippen molar-refractivity contribution in [1.29, 1.82) is 0 Å². The zero-order valence-corrected chi connectivity index (χ0v) is 19.2. The first-order valence-corrected chi connectivity index (χ1v) is 12.4. The minimum absolute atomic E-state index is 0.0186. The van der Waals surface area contributed by atoms with E-state index in [1.807, 2.05) is 0 Å². The van der Waals surface area contributed by atoms with Crippen molar-refractivity contribution < 1.29 is 26.0 Å². The van der Waals surface area contributed by atoms with E-state index in [9.17, 15) is 21.6 Å². The van der Waals surface area contributed by atoms with Crippen LogP contribution in [0.3, 0.4) is 0 Å². The quantitative estimate of drug-likeness (QED) is 0.558. The maximum atomic E-state index is 12.5. The van der Waals surface area contributed by atoms with Gasteiger partial charge in [0, 0.05) is 11.2 Å². The highest BCUT2D eigenvalue weighted by Gasteiger charge is 2.26. The van der Waals surface area contributed by atoms with E-state index in [1.54, 1.807) is 52.8 Å². The Morgan fingerprint density at radius 3 is 2.27 bits per heavy atom. The second-order valence-corrected chi connectivity index (χ2v) is 11.3. The van der Waals surface area contributed by atoms with Gasteiger partial charge in [-0.3, -0.25) is 9.52 Å². The van der Waals surface area contributed by atoms with Gasteiger partial charge in [0.05, 0.1) is 11.4 Å². The summed E-state index contributed by atoms with van der Waals surface area (Å²) in [6.07, 6.45) is 0.471. The van der Waals surface area contributed by atoms with Crippen LogP contribution in [0.15, 0.2) is 39.8 Å². The Kier molecular flexibility index (Phi) is 7.00. The summed E-state index contributed by atoms with van der Waals surface area (Å²) in [6.45, 7) is 8.48. The van der Waals surface area contributed by atoms with Gasteiger partial charge in [-0.1, -0.05) is 13.0 Å². The molecule has 1 heterocycles. The lowest BCUT2D eigenvalue weighted by atomic mass is 10.1. The van der Waals surface area contributed by atoms with E-state index in [4.69, 9.17) is 4.42 Å². The van der Waals surface area contributed by atoms with Gasteiger partial charge in [-0.15, -0.1) is 0 Å². The van der Waals surface area contributed by atoms with Crippen LogP contribution in [0.5, 0.6) is 0 Å². The average Bonchev–Trinajstić information content (AvgIpc) is 3.07. The van der Waals surface area contributed by atoms with Crippen LogP contribution < -0.4 is 14.8 Å². The number of amides is 1. The molecule has 3 N–H and O–H groups in total. The number of rotatable bonds is 8. The first kappa shape index (κ1) is 23.9. The first-order valence-electron chi connectivity index (χ1n) is 9.29. The molecule has 11 heteroatoms. The van der Waals surface area contributed by atoms with Gasteiger partial charge in [0.2, 0.25) is 15.1 Å². The number of furan rings is 1. The lowest BCUT2D eigenvalue weighted by Gasteiger charge is -2.19. The van der Waals surface area contributed by atoms with Crippen LogP contribution in [-0.2, 0) is 20.0 Å². The number of sulfonamides is 2. The predicted molar refractivity (Wildman–Crippen MR) is 116 cm³/mol. The molecule has 166 valence electrons. The number of anilines is 2. The normalized spacial score (nSPS) is 12.6. The minimum Gasteiger partial charge on any atom is -0.438 e. The predicted octanol–water partition coefficient (Wildman–Crippen LogP) is 3.07. The van der Waals surface area contributed by atoms with E-state index in [2.05, 4.69) is 14.8 Å². The average molecular weight is 458 g/mol. The van der Waals surface area contributed by atoms with Crippen LogP contribution in [-0.4, -0.2) is 34.0 Å².